The third kappa shape index (κ3) is 6.18. The molecule has 2 N–H and O–H groups in total. The van der Waals surface area contributed by atoms with Crippen LogP contribution in [-0.4, -0.2) is 54.9 Å². The van der Waals surface area contributed by atoms with E-state index in [1.807, 2.05) is 31.2 Å². The number of ether oxygens (including phenoxy) is 3. The van der Waals surface area contributed by atoms with Crippen LogP contribution in [0.25, 0.3) is 0 Å². The van der Waals surface area contributed by atoms with Crippen molar-refractivity contribution in [2.45, 2.75) is 32.0 Å². The highest BCUT2D eigenvalue weighted by atomic mass is 19.2. The first-order valence-corrected chi connectivity index (χ1v) is 13.4. The summed E-state index contributed by atoms with van der Waals surface area (Å²) in [5, 5.41) is 11.6. The highest BCUT2D eigenvalue weighted by molar-refractivity contribution is 6.04. The first kappa shape index (κ1) is 30.1. The van der Waals surface area contributed by atoms with Crippen LogP contribution in [0.15, 0.2) is 48.5 Å². The molecule has 3 aromatic carbocycles. The minimum absolute atomic E-state index is 0.0286. The lowest BCUT2D eigenvalue weighted by molar-refractivity contribution is -0.277. The number of carbonyl (C=O) groups excluding carboxylic acids is 1. The standard InChI is InChI=1S/C30H29F5N2O5/c1-16-21(14-37-9-11-40-12-10-37)41-30(42-28(16)18-7-5-17(15-38)6-8-18)19-3-2-4-20(13-19)36-29(39)22-23(31)25(33)27(35)26(34)24(22)32/h2-8,13,16,21,28,30,38H,9-12,14-15H2,1H3,(H,36,39)/t16-,21+,28+,30+/m1/s1. The van der Waals surface area contributed by atoms with Crippen LogP contribution in [0.4, 0.5) is 27.6 Å². The molecule has 0 bridgehead atoms. The van der Waals surface area contributed by atoms with Crippen molar-refractivity contribution >= 4 is 11.6 Å². The second kappa shape index (κ2) is 12.8. The number of aliphatic hydroxyl groups excluding tert-OH is 1. The Bertz CT molecular complexity index is 1410. The fourth-order valence-corrected chi connectivity index (χ4v) is 5.13. The molecule has 0 aromatic heterocycles. The SMILES string of the molecule is C[C@@H]1[C@H](CN2CCOCC2)O[C@H](c2cccc(NC(=O)c3c(F)c(F)c(F)c(F)c3F)c2)O[C@@H]1c1ccc(CO)cc1. The third-order valence-corrected chi connectivity index (χ3v) is 7.52. The second-order valence-corrected chi connectivity index (χ2v) is 10.3. The van der Waals surface area contributed by atoms with E-state index in [1.165, 1.54) is 18.2 Å². The van der Waals surface area contributed by atoms with E-state index in [-0.39, 0.29) is 24.3 Å². The number of amides is 1. The van der Waals surface area contributed by atoms with Gasteiger partial charge in [-0.25, -0.2) is 22.0 Å². The number of hydrogen-bond donors (Lipinski definition) is 2. The lowest BCUT2D eigenvalue weighted by Gasteiger charge is -2.43. The van der Waals surface area contributed by atoms with Gasteiger partial charge in [-0.3, -0.25) is 9.69 Å². The summed E-state index contributed by atoms with van der Waals surface area (Å²) in [6, 6.07) is 13.4. The predicted molar refractivity (Wildman–Crippen MR) is 141 cm³/mol. The summed E-state index contributed by atoms with van der Waals surface area (Å²) in [5.41, 5.74) is 0.516. The van der Waals surface area contributed by atoms with Crippen molar-refractivity contribution in [3.63, 3.8) is 0 Å². The Morgan fingerprint density at radius 3 is 2.19 bits per heavy atom. The van der Waals surface area contributed by atoms with E-state index in [4.69, 9.17) is 14.2 Å². The maximum absolute atomic E-state index is 14.2. The average Bonchev–Trinajstić information content (AvgIpc) is 3.01. The van der Waals surface area contributed by atoms with Gasteiger partial charge in [0.1, 0.15) is 5.56 Å². The summed E-state index contributed by atoms with van der Waals surface area (Å²) in [4.78, 5) is 14.9. The molecule has 0 aliphatic carbocycles. The molecule has 3 aromatic rings. The number of nitrogens with one attached hydrogen (secondary N) is 1. The molecule has 12 heteroatoms. The Hall–Kier alpha value is -3.42. The van der Waals surface area contributed by atoms with Gasteiger partial charge < -0.3 is 24.6 Å². The normalized spacial score (nSPS) is 23.1. The Kier molecular flexibility index (Phi) is 9.19. The Balaban J connectivity index is 1.41. The quantitative estimate of drug-likeness (QED) is 0.222. The average molecular weight is 593 g/mol. The van der Waals surface area contributed by atoms with Crippen molar-refractivity contribution in [2.75, 3.05) is 38.2 Å². The zero-order valence-electron chi connectivity index (χ0n) is 22.6. The fraction of sp³-hybridized carbons (Fsp3) is 0.367. The molecule has 2 aliphatic rings. The van der Waals surface area contributed by atoms with Crippen molar-refractivity contribution < 1.29 is 46.1 Å². The summed E-state index contributed by atoms with van der Waals surface area (Å²) in [5.74, 6) is -12.8. The van der Waals surface area contributed by atoms with Gasteiger partial charge in [-0.15, -0.1) is 0 Å². The molecule has 5 rings (SSSR count). The van der Waals surface area contributed by atoms with E-state index < -0.39 is 53.0 Å². The molecule has 0 saturated carbocycles. The first-order chi connectivity index (χ1) is 20.2. The van der Waals surface area contributed by atoms with Gasteiger partial charge in [-0.2, -0.15) is 0 Å². The van der Waals surface area contributed by atoms with E-state index in [9.17, 15) is 31.9 Å². The van der Waals surface area contributed by atoms with Gasteiger partial charge in [0.05, 0.1) is 32.0 Å². The maximum atomic E-state index is 14.2. The van der Waals surface area contributed by atoms with Crippen LogP contribution in [0.1, 0.15) is 46.4 Å². The number of rotatable bonds is 7. The van der Waals surface area contributed by atoms with E-state index in [1.54, 1.807) is 6.07 Å². The molecule has 4 atom stereocenters. The molecule has 2 fully saturated rings. The monoisotopic (exact) mass is 592 g/mol. The lowest BCUT2D eigenvalue weighted by Crippen LogP contribution is -2.47. The van der Waals surface area contributed by atoms with Crippen molar-refractivity contribution in [2.24, 2.45) is 5.92 Å². The summed E-state index contributed by atoms with van der Waals surface area (Å²) in [6.45, 7) is 5.23. The smallest absolute Gasteiger partial charge is 0.261 e. The predicted octanol–water partition coefficient (Wildman–Crippen LogP) is 5.25. The van der Waals surface area contributed by atoms with Gasteiger partial charge in [0.2, 0.25) is 5.82 Å². The molecule has 0 unspecified atom stereocenters. The summed E-state index contributed by atoms with van der Waals surface area (Å²) < 4.78 is 87.4. The molecule has 0 radical (unpaired) electrons. The van der Waals surface area contributed by atoms with Crippen molar-refractivity contribution in [3.05, 3.63) is 99.9 Å². The fourth-order valence-electron chi connectivity index (χ4n) is 5.13. The number of hydrogen-bond acceptors (Lipinski definition) is 6. The van der Waals surface area contributed by atoms with Crippen molar-refractivity contribution in [1.82, 2.24) is 4.90 Å². The molecule has 2 aliphatic heterocycles. The summed E-state index contributed by atoms with van der Waals surface area (Å²) >= 11 is 0. The molecule has 2 heterocycles. The highest BCUT2D eigenvalue weighted by Gasteiger charge is 2.39. The van der Waals surface area contributed by atoms with E-state index in [0.29, 0.717) is 25.3 Å². The molecule has 7 nitrogen and oxygen atoms in total. The summed E-state index contributed by atoms with van der Waals surface area (Å²) in [6.07, 6.45) is -1.61. The molecular weight excluding hydrogens is 563 g/mol. The first-order valence-electron chi connectivity index (χ1n) is 13.4. The van der Waals surface area contributed by atoms with Gasteiger partial charge in [0, 0.05) is 36.8 Å². The topological polar surface area (TPSA) is 80.3 Å². The van der Waals surface area contributed by atoms with E-state index in [0.717, 1.165) is 24.2 Å². The highest BCUT2D eigenvalue weighted by Crippen LogP contribution is 2.42. The molecule has 42 heavy (non-hydrogen) atoms. The van der Waals surface area contributed by atoms with Crippen LogP contribution in [0.5, 0.6) is 0 Å². The maximum Gasteiger partial charge on any atom is 0.261 e. The van der Waals surface area contributed by atoms with Gasteiger partial charge in [0.15, 0.2) is 29.6 Å². The molecule has 1 amide bonds. The number of aliphatic hydroxyl groups is 1. The third-order valence-electron chi connectivity index (χ3n) is 7.52. The van der Waals surface area contributed by atoms with E-state index >= 15 is 0 Å². The van der Waals surface area contributed by atoms with Gasteiger partial charge in [-0.1, -0.05) is 43.3 Å². The molecule has 224 valence electrons. The van der Waals surface area contributed by atoms with Crippen LogP contribution >= 0.6 is 0 Å². The molecule has 2 saturated heterocycles. The number of anilines is 1. The van der Waals surface area contributed by atoms with Gasteiger partial charge in [-0.05, 0) is 23.3 Å². The Morgan fingerprint density at radius 1 is 0.905 bits per heavy atom. The summed E-state index contributed by atoms with van der Waals surface area (Å²) in [7, 11) is 0. The minimum atomic E-state index is -2.35. The molecule has 0 spiro atoms. The van der Waals surface area contributed by atoms with Gasteiger partial charge in [0.25, 0.3) is 5.91 Å². The zero-order valence-corrected chi connectivity index (χ0v) is 22.6. The van der Waals surface area contributed by atoms with Crippen LogP contribution in [0, 0.1) is 35.0 Å². The van der Waals surface area contributed by atoms with Crippen LogP contribution in [-0.2, 0) is 20.8 Å². The Morgan fingerprint density at radius 2 is 1.55 bits per heavy atom. The lowest BCUT2D eigenvalue weighted by atomic mass is 9.90. The van der Waals surface area contributed by atoms with Gasteiger partial charge >= 0.3 is 0 Å². The molecular formula is C30H29F5N2O5. The minimum Gasteiger partial charge on any atom is -0.392 e. The van der Waals surface area contributed by atoms with Crippen LogP contribution in [0.3, 0.4) is 0 Å². The van der Waals surface area contributed by atoms with Crippen molar-refractivity contribution in [1.29, 1.82) is 0 Å². The van der Waals surface area contributed by atoms with Crippen LogP contribution < -0.4 is 5.32 Å². The number of halogens is 5. The number of morpholine rings is 1. The number of nitrogens with zero attached hydrogens (tertiary/aromatic N) is 1. The largest absolute Gasteiger partial charge is 0.392 e. The number of carbonyl (C=O) groups is 1. The Labute approximate surface area is 238 Å². The van der Waals surface area contributed by atoms with Crippen molar-refractivity contribution in [3.8, 4) is 0 Å². The zero-order chi connectivity index (χ0) is 30.0. The number of benzene rings is 3. The second-order valence-electron chi connectivity index (χ2n) is 10.3. The van der Waals surface area contributed by atoms with Crippen LogP contribution in [0.2, 0.25) is 0 Å². The van der Waals surface area contributed by atoms with E-state index in [2.05, 4.69) is 10.2 Å².